The highest BCUT2D eigenvalue weighted by atomic mass is 16.7. The predicted octanol–water partition coefficient (Wildman–Crippen LogP) is 15.0. The van der Waals surface area contributed by atoms with E-state index < -0.39 is 23.0 Å². The molecule has 0 aromatic heterocycles. The van der Waals surface area contributed by atoms with Crippen molar-refractivity contribution in [1.82, 2.24) is 0 Å². The summed E-state index contributed by atoms with van der Waals surface area (Å²) in [6, 6.07) is 4.97. The van der Waals surface area contributed by atoms with Crippen LogP contribution in [0.1, 0.15) is 220 Å². The van der Waals surface area contributed by atoms with Crippen LogP contribution in [-0.2, 0) is 33.3 Å². The van der Waals surface area contributed by atoms with Gasteiger partial charge in [-0.15, -0.1) is 0 Å². The summed E-state index contributed by atoms with van der Waals surface area (Å²) in [7, 11) is 0. The molecule has 0 bridgehead atoms. The van der Waals surface area contributed by atoms with Crippen LogP contribution in [-0.4, -0.2) is 54.9 Å². The van der Waals surface area contributed by atoms with Crippen molar-refractivity contribution in [2.24, 2.45) is 5.92 Å². The van der Waals surface area contributed by atoms with E-state index in [9.17, 15) is 29.3 Å². The molecule has 1 aromatic carbocycles. The van der Waals surface area contributed by atoms with E-state index in [4.69, 9.17) is 23.7 Å². The second-order valence-corrected chi connectivity index (χ2v) is 17.4. The van der Waals surface area contributed by atoms with Gasteiger partial charge in [-0.2, -0.15) is 0 Å². The van der Waals surface area contributed by atoms with E-state index in [1.807, 2.05) is 0 Å². The molecule has 0 aliphatic carbocycles. The van der Waals surface area contributed by atoms with Gasteiger partial charge >= 0.3 is 24.1 Å². The molecule has 0 saturated carbocycles. The second-order valence-electron chi connectivity index (χ2n) is 17.4. The molecule has 0 aliphatic heterocycles. The number of benzene rings is 1. The number of esters is 3. The summed E-state index contributed by atoms with van der Waals surface area (Å²) in [4.78, 5) is 60.9. The number of nitrogens with zero attached hydrogens (tertiary/aromatic N) is 1. The number of nitro benzene ring substituents is 1. The summed E-state index contributed by atoms with van der Waals surface area (Å²) < 4.78 is 27.3. The van der Waals surface area contributed by atoms with Crippen molar-refractivity contribution in [2.75, 3.05) is 19.8 Å². The number of ether oxygens (including phenoxy) is 5. The lowest BCUT2D eigenvalue weighted by Crippen LogP contribution is -2.27. The van der Waals surface area contributed by atoms with E-state index in [-0.39, 0.29) is 62.1 Å². The molecule has 0 fully saturated rings. The van der Waals surface area contributed by atoms with Crippen LogP contribution in [0.5, 0.6) is 5.75 Å². The monoisotopic (exact) mass is 914 g/mol. The Bertz CT molecular complexity index is 1410. The Kier molecular flexibility index (Phi) is 38.4. The van der Waals surface area contributed by atoms with Crippen LogP contribution in [0.2, 0.25) is 0 Å². The number of rotatable bonds is 43. The molecule has 370 valence electrons. The zero-order valence-corrected chi connectivity index (χ0v) is 40.8. The zero-order chi connectivity index (χ0) is 47.4. The number of carbonyl (C=O) groups excluding carboxylic acids is 4. The third-order valence-corrected chi connectivity index (χ3v) is 11.3. The van der Waals surface area contributed by atoms with Gasteiger partial charge in [-0.05, 0) is 89.2 Å². The van der Waals surface area contributed by atoms with E-state index in [1.54, 1.807) is 0 Å². The topological polar surface area (TPSA) is 158 Å². The van der Waals surface area contributed by atoms with Gasteiger partial charge in [0, 0.05) is 31.4 Å². The van der Waals surface area contributed by atoms with Crippen molar-refractivity contribution in [1.29, 1.82) is 0 Å². The largest absolute Gasteiger partial charge is 0.513 e. The van der Waals surface area contributed by atoms with Crippen molar-refractivity contribution >= 4 is 29.8 Å². The SMILES string of the molecule is CCCCC/C=C\C/C=C\CCCCCCCC(=O)OCC(COC(=O)CCCCCC(=O)OC(CCCCCCCC)CCCCCCCC)COC(=O)Oc1ccc([N+](=O)[O-])cc1. The molecule has 12 nitrogen and oxygen atoms in total. The maximum atomic E-state index is 12.8. The summed E-state index contributed by atoms with van der Waals surface area (Å²) in [5.41, 5.74) is -0.155. The van der Waals surface area contributed by atoms with E-state index in [0.717, 1.165) is 70.6 Å². The van der Waals surface area contributed by atoms with Crippen LogP contribution < -0.4 is 4.74 Å². The average molecular weight is 914 g/mol. The minimum Gasteiger partial charge on any atom is -0.465 e. The molecule has 65 heavy (non-hydrogen) atoms. The van der Waals surface area contributed by atoms with Crippen LogP contribution in [0.4, 0.5) is 10.5 Å². The van der Waals surface area contributed by atoms with Crippen LogP contribution in [0.15, 0.2) is 48.6 Å². The fourth-order valence-electron chi connectivity index (χ4n) is 7.27. The first-order valence-electron chi connectivity index (χ1n) is 25.6. The van der Waals surface area contributed by atoms with E-state index in [0.29, 0.717) is 32.1 Å². The molecule has 0 heterocycles. The molecular weight excluding hydrogens is 827 g/mol. The van der Waals surface area contributed by atoms with Gasteiger partial charge in [0.2, 0.25) is 0 Å². The zero-order valence-electron chi connectivity index (χ0n) is 40.8. The standard InChI is InChI=1S/C53H87NO11/c1-4-7-10-13-16-17-18-19-20-21-22-23-24-27-31-36-50(55)61-43-46(45-63-53(58)65-49-41-39-47(40-42-49)54(59)60)44-62-51(56)37-32-28-33-38-52(57)64-48(34-29-25-14-11-8-5-2)35-30-26-15-12-9-6-3/h16-17,19-20,39-42,46,48H,4-15,18,21-38,43-45H2,1-3H3/b17-16-,20-19-. The molecule has 1 atom stereocenters. The van der Waals surface area contributed by atoms with Gasteiger partial charge < -0.3 is 23.7 Å². The fourth-order valence-corrected chi connectivity index (χ4v) is 7.27. The highest BCUT2D eigenvalue weighted by molar-refractivity contribution is 5.70. The van der Waals surface area contributed by atoms with Gasteiger partial charge in [0.05, 0.1) is 10.8 Å². The summed E-state index contributed by atoms with van der Waals surface area (Å²) in [5.74, 6) is -1.58. The Hall–Kier alpha value is -4.22. The van der Waals surface area contributed by atoms with Gasteiger partial charge in [-0.25, -0.2) is 4.79 Å². The summed E-state index contributed by atoms with van der Waals surface area (Å²) in [6.07, 6.45) is 38.6. The van der Waals surface area contributed by atoms with Crippen LogP contribution in [0.3, 0.4) is 0 Å². The molecule has 0 spiro atoms. The Morgan fingerprint density at radius 3 is 1.46 bits per heavy atom. The normalized spacial score (nSPS) is 11.9. The Labute approximate surface area is 392 Å². The summed E-state index contributed by atoms with van der Waals surface area (Å²) in [5, 5.41) is 10.9. The third-order valence-electron chi connectivity index (χ3n) is 11.3. The minimum absolute atomic E-state index is 0.0272. The number of allylic oxidation sites excluding steroid dienone is 4. The smallest absolute Gasteiger partial charge is 0.465 e. The maximum absolute atomic E-state index is 12.8. The molecular formula is C53H87NO11. The minimum atomic E-state index is -1.05. The van der Waals surface area contributed by atoms with Crippen molar-refractivity contribution in [2.45, 2.75) is 226 Å². The van der Waals surface area contributed by atoms with Gasteiger partial charge in [0.25, 0.3) is 5.69 Å². The highest BCUT2D eigenvalue weighted by Gasteiger charge is 2.20. The van der Waals surface area contributed by atoms with Crippen LogP contribution in [0.25, 0.3) is 0 Å². The molecule has 0 radical (unpaired) electrons. The average Bonchev–Trinajstić information content (AvgIpc) is 3.29. The van der Waals surface area contributed by atoms with Crippen molar-refractivity contribution in [3.8, 4) is 5.75 Å². The summed E-state index contributed by atoms with van der Waals surface area (Å²) >= 11 is 0. The Balaban J connectivity index is 2.50. The number of unbranched alkanes of at least 4 members (excludes halogenated alkanes) is 20. The van der Waals surface area contributed by atoms with Crippen LogP contribution in [0, 0.1) is 16.0 Å². The van der Waals surface area contributed by atoms with Crippen molar-refractivity contribution in [3.63, 3.8) is 0 Å². The quantitative estimate of drug-likeness (QED) is 0.0117. The number of hydrogen-bond donors (Lipinski definition) is 0. The lowest BCUT2D eigenvalue weighted by Gasteiger charge is -2.18. The van der Waals surface area contributed by atoms with Gasteiger partial charge in [-0.3, -0.25) is 24.5 Å². The molecule has 0 N–H and O–H groups in total. The third kappa shape index (κ3) is 36.7. The molecule has 12 heteroatoms. The van der Waals surface area contributed by atoms with Gasteiger partial charge in [-0.1, -0.05) is 148 Å². The fraction of sp³-hybridized carbons (Fsp3) is 0.736. The summed E-state index contributed by atoms with van der Waals surface area (Å²) in [6.45, 7) is 6.13. The van der Waals surface area contributed by atoms with Crippen molar-refractivity contribution < 1.29 is 47.8 Å². The lowest BCUT2D eigenvalue weighted by atomic mass is 10.0. The predicted molar refractivity (Wildman–Crippen MR) is 259 cm³/mol. The molecule has 0 saturated heterocycles. The number of hydrogen-bond acceptors (Lipinski definition) is 11. The molecule has 0 amide bonds. The first-order valence-corrected chi connectivity index (χ1v) is 25.6. The second kappa shape index (κ2) is 42.4. The van der Waals surface area contributed by atoms with Crippen LogP contribution >= 0.6 is 0 Å². The van der Waals surface area contributed by atoms with E-state index in [2.05, 4.69) is 45.1 Å². The first-order chi connectivity index (χ1) is 31.7. The Morgan fingerprint density at radius 1 is 0.523 bits per heavy atom. The molecule has 1 unspecified atom stereocenters. The lowest BCUT2D eigenvalue weighted by molar-refractivity contribution is -0.384. The number of nitro groups is 1. The molecule has 0 aliphatic rings. The van der Waals surface area contributed by atoms with E-state index in [1.165, 1.54) is 108 Å². The maximum Gasteiger partial charge on any atom is 0.513 e. The number of non-ortho nitro benzene ring substituents is 1. The highest BCUT2D eigenvalue weighted by Crippen LogP contribution is 2.20. The molecule has 1 aromatic rings. The Morgan fingerprint density at radius 2 is 0.938 bits per heavy atom. The van der Waals surface area contributed by atoms with Gasteiger partial charge in [0.15, 0.2) is 0 Å². The van der Waals surface area contributed by atoms with E-state index >= 15 is 0 Å². The van der Waals surface area contributed by atoms with Gasteiger partial charge in [0.1, 0.15) is 31.7 Å². The molecule has 1 rings (SSSR count). The first kappa shape index (κ1) is 58.8. The van der Waals surface area contributed by atoms with Crippen molar-refractivity contribution in [3.05, 3.63) is 58.7 Å². The number of carbonyl (C=O) groups is 4.